The topological polar surface area (TPSA) is 108 Å². The lowest BCUT2D eigenvalue weighted by Gasteiger charge is -2.29. The zero-order valence-electron chi connectivity index (χ0n) is 12.5. The van der Waals surface area contributed by atoms with Crippen LogP contribution in [0, 0.1) is 5.92 Å². The van der Waals surface area contributed by atoms with Crippen LogP contribution in [0.5, 0.6) is 0 Å². The third kappa shape index (κ3) is 6.30. The third-order valence-corrected chi connectivity index (χ3v) is 4.71. The SMILES string of the molecule is CCCCNC(=O)NNC(=O)C1CCN(S(C)(=O)=O)CC1. The summed E-state index contributed by atoms with van der Waals surface area (Å²) in [6, 6.07) is -0.439. The van der Waals surface area contributed by atoms with Gasteiger partial charge >= 0.3 is 6.03 Å². The first-order chi connectivity index (χ1) is 9.84. The molecule has 0 atom stereocenters. The van der Waals surface area contributed by atoms with Gasteiger partial charge in [-0.25, -0.2) is 22.9 Å². The Bertz CT molecular complexity index is 458. The number of nitrogens with one attached hydrogen (secondary N) is 3. The van der Waals surface area contributed by atoms with Crippen molar-refractivity contribution < 1.29 is 18.0 Å². The van der Waals surface area contributed by atoms with Gasteiger partial charge < -0.3 is 5.32 Å². The summed E-state index contributed by atoms with van der Waals surface area (Å²) in [5.74, 6) is -0.562. The molecule has 1 aliphatic heterocycles. The maximum atomic E-state index is 11.9. The van der Waals surface area contributed by atoms with Gasteiger partial charge in [-0.3, -0.25) is 10.2 Å². The van der Waals surface area contributed by atoms with Crippen LogP contribution in [0.25, 0.3) is 0 Å². The molecule has 0 aromatic rings. The van der Waals surface area contributed by atoms with Gasteiger partial charge in [-0.15, -0.1) is 0 Å². The molecule has 9 heteroatoms. The zero-order chi connectivity index (χ0) is 15.9. The van der Waals surface area contributed by atoms with Crippen LogP contribution in [-0.4, -0.2) is 50.6 Å². The standard InChI is InChI=1S/C12H24N4O4S/c1-3-4-7-13-12(18)15-14-11(17)10-5-8-16(9-6-10)21(2,19)20/h10H,3-9H2,1-2H3,(H,14,17)(H2,13,15,18). The molecule has 0 aromatic carbocycles. The van der Waals surface area contributed by atoms with Gasteiger partial charge in [0.05, 0.1) is 6.26 Å². The van der Waals surface area contributed by atoms with E-state index in [1.807, 2.05) is 6.92 Å². The molecule has 0 bridgehead atoms. The lowest BCUT2D eigenvalue weighted by atomic mass is 9.98. The van der Waals surface area contributed by atoms with Gasteiger partial charge in [-0.05, 0) is 19.3 Å². The van der Waals surface area contributed by atoms with E-state index in [1.54, 1.807) is 0 Å². The Labute approximate surface area is 125 Å². The quantitative estimate of drug-likeness (QED) is 0.481. The molecular formula is C12H24N4O4S. The number of hydrazine groups is 1. The molecule has 21 heavy (non-hydrogen) atoms. The van der Waals surface area contributed by atoms with E-state index in [2.05, 4.69) is 16.2 Å². The molecule has 0 saturated carbocycles. The van der Waals surface area contributed by atoms with Crippen molar-refractivity contribution in [3.8, 4) is 0 Å². The zero-order valence-corrected chi connectivity index (χ0v) is 13.3. The molecule has 0 radical (unpaired) electrons. The Balaban J connectivity index is 2.27. The van der Waals surface area contributed by atoms with Crippen molar-refractivity contribution in [1.82, 2.24) is 20.5 Å². The average Bonchev–Trinajstić information content (AvgIpc) is 2.44. The number of hydrogen-bond acceptors (Lipinski definition) is 4. The Hall–Kier alpha value is -1.35. The van der Waals surface area contributed by atoms with Crippen molar-refractivity contribution in [3.63, 3.8) is 0 Å². The maximum absolute atomic E-state index is 11.9. The summed E-state index contributed by atoms with van der Waals surface area (Å²) < 4.78 is 24.1. The van der Waals surface area contributed by atoms with Gasteiger partial charge in [-0.2, -0.15) is 0 Å². The largest absolute Gasteiger partial charge is 0.337 e. The highest BCUT2D eigenvalue weighted by Crippen LogP contribution is 2.18. The fourth-order valence-electron chi connectivity index (χ4n) is 2.09. The van der Waals surface area contributed by atoms with Crippen molar-refractivity contribution in [3.05, 3.63) is 0 Å². The first kappa shape index (κ1) is 17.7. The molecule has 1 saturated heterocycles. The van der Waals surface area contributed by atoms with Crippen LogP contribution in [0.15, 0.2) is 0 Å². The molecule has 0 spiro atoms. The van der Waals surface area contributed by atoms with Crippen LogP contribution in [0.3, 0.4) is 0 Å². The van der Waals surface area contributed by atoms with E-state index in [-0.39, 0.29) is 11.8 Å². The van der Waals surface area contributed by atoms with Gasteiger partial charge in [0.25, 0.3) is 0 Å². The molecule has 122 valence electrons. The maximum Gasteiger partial charge on any atom is 0.333 e. The molecule has 3 N–H and O–H groups in total. The van der Waals surface area contributed by atoms with Crippen LogP contribution in [0.4, 0.5) is 4.79 Å². The second-order valence-electron chi connectivity index (χ2n) is 5.16. The lowest BCUT2D eigenvalue weighted by molar-refractivity contribution is -0.126. The minimum Gasteiger partial charge on any atom is -0.337 e. The van der Waals surface area contributed by atoms with E-state index in [0.717, 1.165) is 19.1 Å². The second kappa shape index (κ2) is 8.18. The Kier molecular flexibility index (Phi) is 6.90. The number of unbranched alkanes of at least 4 members (excludes halogenated alkanes) is 1. The number of hydrogen-bond donors (Lipinski definition) is 3. The fraction of sp³-hybridized carbons (Fsp3) is 0.833. The molecular weight excluding hydrogens is 296 g/mol. The fourth-order valence-corrected chi connectivity index (χ4v) is 2.97. The van der Waals surface area contributed by atoms with Crippen molar-refractivity contribution in [2.75, 3.05) is 25.9 Å². The molecule has 0 aromatic heterocycles. The first-order valence-corrected chi connectivity index (χ1v) is 8.98. The van der Waals surface area contributed by atoms with Crippen molar-refractivity contribution in [2.24, 2.45) is 5.92 Å². The van der Waals surface area contributed by atoms with Crippen molar-refractivity contribution in [2.45, 2.75) is 32.6 Å². The minimum atomic E-state index is -3.19. The van der Waals surface area contributed by atoms with Crippen LogP contribution < -0.4 is 16.2 Å². The molecule has 0 aliphatic carbocycles. The number of rotatable bonds is 5. The number of carbonyl (C=O) groups excluding carboxylic acids is 2. The van der Waals surface area contributed by atoms with Crippen molar-refractivity contribution in [1.29, 1.82) is 0 Å². The molecule has 1 heterocycles. The second-order valence-corrected chi connectivity index (χ2v) is 7.14. The summed E-state index contributed by atoms with van der Waals surface area (Å²) in [6.07, 6.45) is 3.93. The van der Waals surface area contributed by atoms with Gasteiger partial charge in [0.1, 0.15) is 0 Å². The summed E-state index contributed by atoms with van der Waals surface area (Å²) >= 11 is 0. The number of nitrogens with zero attached hydrogens (tertiary/aromatic N) is 1. The van der Waals surface area contributed by atoms with E-state index in [1.165, 1.54) is 4.31 Å². The van der Waals surface area contributed by atoms with E-state index >= 15 is 0 Å². The van der Waals surface area contributed by atoms with Crippen LogP contribution in [-0.2, 0) is 14.8 Å². The smallest absolute Gasteiger partial charge is 0.333 e. The molecule has 8 nitrogen and oxygen atoms in total. The number of sulfonamides is 1. The average molecular weight is 320 g/mol. The summed E-state index contributed by atoms with van der Waals surface area (Å²) in [5.41, 5.74) is 4.66. The van der Waals surface area contributed by atoms with Gasteiger partial charge in [0.15, 0.2) is 0 Å². The number of carbonyl (C=O) groups is 2. The predicted octanol–water partition coefficient (Wildman–Crippen LogP) is -0.211. The molecule has 1 rings (SSSR count). The molecule has 1 aliphatic rings. The monoisotopic (exact) mass is 320 g/mol. The van der Waals surface area contributed by atoms with Crippen LogP contribution >= 0.6 is 0 Å². The predicted molar refractivity (Wildman–Crippen MR) is 78.7 cm³/mol. The summed E-state index contributed by atoms with van der Waals surface area (Å²) in [7, 11) is -3.19. The highest BCUT2D eigenvalue weighted by Gasteiger charge is 2.28. The Morgan fingerprint density at radius 2 is 1.81 bits per heavy atom. The number of urea groups is 1. The van der Waals surface area contributed by atoms with Gasteiger partial charge in [-0.1, -0.05) is 13.3 Å². The summed E-state index contributed by atoms with van der Waals surface area (Å²) in [4.78, 5) is 23.2. The summed E-state index contributed by atoms with van der Waals surface area (Å²) in [5, 5.41) is 2.62. The third-order valence-electron chi connectivity index (χ3n) is 3.41. The highest BCUT2D eigenvalue weighted by molar-refractivity contribution is 7.88. The normalized spacial score (nSPS) is 17.2. The van der Waals surface area contributed by atoms with Gasteiger partial charge in [0.2, 0.25) is 15.9 Å². The van der Waals surface area contributed by atoms with E-state index in [0.29, 0.717) is 32.5 Å². The molecule has 3 amide bonds. The molecule has 1 fully saturated rings. The lowest BCUT2D eigenvalue weighted by Crippen LogP contribution is -2.50. The number of piperidine rings is 1. The Morgan fingerprint density at radius 3 is 2.33 bits per heavy atom. The summed E-state index contributed by atoms with van der Waals surface area (Å²) in [6.45, 7) is 3.24. The van der Waals surface area contributed by atoms with Crippen LogP contribution in [0.1, 0.15) is 32.6 Å². The van der Waals surface area contributed by atoms with Crippen LogP contribution in [0.2, 0.25) is 0 Å². The van der Waals surface area contributed by atoms with Crippen molar-refractivity contribution >= 4 is 22.0 Å². The van der Waals surface area contributed by atoms with E-state index in [4.69, 9.17) is 0 Å². The van der Waals surface area contributed by atoms with E-state index < -0.39 is 16.1 Å². The Morgan fingerprint density at radius 1 is 1.19 bits per heavy atom. The first-order valence-electron chi connectivity index (χ1n) is 7.13. The van der Waals surface area contributed by atoms with Gasteiger partial charge in [0, 0.05) is 25.6 Å². The minimum absolute atomic E-state index is 0.279. The highest BCUT2D eigenvalue weighted by atomic mass is 32.2. The van der Waals surface area contributed by atoms with E-state index in [9.17, 15) is 18.0 Å². The number of amides is 3. The molecule has 0 unspecified atom stereocenters.